The zero-order valence-electron chi connectivity index (χ0n) is 11.5. The number of ether oxygens (including phenoxy) is 1. The number of nitrogens with zero attached hydrogens (tertiary/aromatic N) is 1. The number of hydrogen-bond donors (Lipinski definition) is 1. The fraction of sp³-hybridized carbons (Fsp3) is 0.188. The third kappa shape index (κ3) is 2.17. The normalized spacial score (nSPS) is 11.1. The number of para-hydroxylation sites is 1. The molecular formula is C16H16N2OS. The van der Waals surface area contributed by atoms with Gasteiger partial charge in [0.15, 0.2) is 4.77 Å². The number of benzene rings is 2. The Bertz CT molecular complexity index is 817. The molecule has 0 saturated carbocycles. The first-order valence-electron chi connectivity index (χ1n) is 6.49. The van der Waals surface area contributed by atoms with Crippen molar-refractivity contribution in [1.29, 1.82) is 0 Å². The van der Waals surface area contributed by atoms with Crippen LogP contribution in [0.4, 0.5) is 0 Å². The first kappa shape index (κ1) is 13.1. The standard InChI is InChI=1S/C16H16N2OS/c1-11-5-3-8-14-15(11)17-16(20)18(14)13-7-4-6-12(9-13)10-19-2/h3-9H,10H2,1-2H3,(H,17,20). The van der Waals surface area contributed by atoms with Crippen molar-refractivity contribution in [2.75, 3.05) is 7.11 Å². The van der Waals surface area contributed by atoms with E-state index in [1.54, 1.807) is 7.11 Å². The first-order chi connectivity index (χ1) is 9.70. The molecule has 0 aliphatic rings. The molecule has 0 fully saturated rings. The fourth-order valence-corrected chi connectivity index (χ4v) is 2.79. The van der Waals surface area contributed by atoms with Gasteiger partial charge in [0.2, 0.25) is 0 Å². The van der Waals surface area contributed by atoms with Crippen molar-refractivity contribution in [2.45, 2.75) is 13.5 Å². The Labute approximate surface area is 122 Å². The maximum atomic E-state index is 5.48. The number of fused-ring (bicyclic) bond motifs is 1. The maximum Gasteiger partial charge on any atom is 0.182 e. The quantitative estimate of drug-likeness (QED) is 0.732. The van der Waals surface area contributed by atoms with Crippen LogP contribution in [0.2, 0.25) is 0 Å². The van der Waals surface area contributed by atoms with Crippen LogP contribution in [-0.2, 0) is 11.3 Å². The van der Waals surface area contributed by atoms with E-state index in [-0.39, 0.29) is 0 Å². The number of aromatic nitrogens is 2. The van der Waals surface area contributed by atoms with Gasteiger partial charge in [-0.05, 0) is 48.5 Å². The van der Waals surface area contributed by atoms with Crippen LogP contribution in [0.1, 0.15) is 11.1 Å². The van der Waals surface area contributed by atoms with Gasteiger partial charge in [0.05, 0.1) is 17.6 Å². The van der Waals surface area contributed by atoms with Crippen LogP contribution in [-0.4, -0.2) is 16.7 Å². The van der Waals surface area contributed by atoms with E-state index in [1.165, 1.54) is 5.56 Å². The molecular weight excluding hydrogens is 268 g/mol. The molecule has 4 heteroatoms. The minimum absolute atomic E-state index is 0.600. The number of hydrogen-bond acceptors (Lipinski definition) is 2. The number of methoxy groups -OCH3 is 1. The van der Waals surface area contributed by atoms with Crippen molar-refractivity contribution in [3.05, 3.63) is 58.4 Å². The molecule has 20 heavy (non-hydrogen) atoms. The summed E-state index contributed by atoms with van der Waals surface area (Å²) < 4.78 is 7.97. The fourth-order valence-electron chi connectivity index (χ4n) is 2.48. The lowest BCUT2D eigenvalue weighted by Crippen LogP contribution is -1.96. The van der Waals surface area contributed by atoms with Crippen molar-refractivity contribution < 1.29 is 4.74 Å². The van der Waals surface area contributed by atoms with E-state index in [0.717, 1.165) is 22.3 Å². The van der Waals surface area contributed by atoms with Crippen LogP contribution < -0.4 is 0 Å². The summed E-state index contributed by atoms with van der Waals surface area (Å²) in [5, 5.41) is 0. The van der Waals surface area contributed by atoms with Gasteiger partial charge >= 0.3 is 0 Å². The highest BCUT2D eigenvalue weighted by Crippen LogP contribution is 2.22. The van der Waals surface area contributed by atoms with Gasteiger partial charge in [-0.3, -0.25) is 4.57 Å². The maximum absolute atomic E-state index is 5.48. The smallest absolute Gasteiger partial charge is 0.182 e. The number of nitrogens with one attached hydrogen (secondary N) is 1. The van der Waals surface area contributed by atoms with Crippen LogP contribution in [0.5, 0.6) is 0 Å². The van der Waals surface area contributed by atoms with Gasteiger partial charge in [-0.25, -0.2) is 0 Å². The molecule has 0 atom stereocenters. The van der Waals surface area contributed by atoms with Crippen LogP contribution in [0.25, 0.3) is 16.7 Å². The molecule has 0 bridgehead atoms. The van der Waals surface area contributed by atoms with E-state index < -0.39 is 0 Å². The molecule has 1 aromatic heterocycles. The molecule has 0 saturated heterocycles. The highest BCUT2D eigenvalue weighted by atomic mass is 32.1. The molecule has 3 aromatic rings. The van der Waals surface area contributed by atoms with Crippen molar-refractivity contribution in [3.8, 4) is 5.69 Å². The summed E-state index contributed by atoms with van der Waals surface area (Å²) in [6.45, 7) is 2.68. The van der Waals surface area contributed by atoms with Crippen LogP contribution in [0.3, 0.4) is 0 Å². The predicted molar refractivity (Wildman–Crippen MR) is 83.9 cm³/mol. The second-order valence-electron chi connectivity index (χ2n) is 4.84. The van der Waals surface area contributed by atoms with Crippen LogP contribution in [0, 0.1) is 11.7 Å². The zero-order chi connectivity index (χ0) is 14.1. The van der Waals surface area contributed by atoms with Gasteiger partial charge in [0.1, 0.15) is 0 Å². The van der Waals surface area contributed by atoms with Gasteiger partial charge in [-0.2, -0.15) is 0 Å². The molecule has 102 valence electrons. The molecule has 0 aliphatic carbocycles. The molecule has 1 heterocycles. The van der Waals surface area contributed by atoms with E-state index >= 15 is 0 Å². The molecule has 3 nitrogen and oxygen atoms in total. The summed E-state index contributed by atoms with van der Waals surface area (Å²) in [5.74, 6) is 0. The lowest BCUT2D eigenvalue weighted by atomic mass is 10.2. The minimum Gasteiger partial charge on any atom is -0.380 e. The van der Waals surface area contributed by atoms with Gasteiger partial charge in [0, 0.05) is 12.8 Å². The van der Waals surface area contributed by atoms with Gasteiger partial charge in [-0.1, -0.05) is 24.3 Å². The number of imidazole rings is 1. The highest BCUT2D eigenvalue weighted by molar-refractivity contribution is 7.71. The Balaban J connectivity index is 2.24. The number of aryl methyl sites for hydroxylation is 1. The highest BCUT2D eigenvalue weighted by Gasteiger charge is 2.08. The van der Waals surface area contributed by atoms with Crippen molar-refractivity contribution in [3.63, 3.8) is 0 Å². The Morgan fingerprint density at radius 1 is 1.20 bits per heavy atom. The zero-order valence-corrected chi connectivity index (χ0v) is 12.3. The first-order valence-corrected chi connectivity index (χ1v) is 6.90. The van der Waals surface area contributed by atoms with E-state index in [2.05, 4.69) is 52.9 Å². The summed E-state index contributed by atoms with van der Waals surface area (Å²) in [5.41, 5.74) is 5.58. The van der Waals surface area contributed by atoms with Gasteiger partial charge < -0.3 is 9.72 Å². The van der Waals surface area contributed by atoms with E-state index in [0.29, 0.717) is 11.4 Å². The molecule has 0 spiro atoms. The summed E-state index contributed by atoms with van der Waals surface area (Å²) in [4.78, 5) is 3.29. The van der Waals surface area contributed by atoms with Crippen molar-refractivity contribution in [1.82, 2.24) is 9.55 Å². The molecule has 2 aromatic carbocycles. The van der Waals surface area contributed by atoms with Gasteiger partial charge in [0.25, 0.3) is 0 Å². The molecule has 0 aliphatic heterocycles. The van der Waals surface area contributed by atoms with E-state index in [1.807, 2.05) is 6.07 Å². The topological polar surface area (TPSA) is 29.9 Å². The second-order valence-corrected chi connectivity index (χ2v) is 5.22. The number of rotatable bonds is 3. The minimum atomic E-state index is 0.600. The number of H-pyrrole nitrogens is 1. The second kappa shape index (κ2) is 5.23. The number of aromatic amines is 1. The molecule has 0 radical (unpaired) electrons. The Hall–Kier alpha value is -1.91. The average Bonchev–Trinajstić information content (AvgIpc) is 2.77. The largest absolute Gasteiger partial charge is 0.380 e. The van der Waals surface area contributed by atoms with E-state index in [9.17, 15) is 0 Å². The van der Waals surface area contributed by atoms with E-state index in [4.69, 9.17) is 17.0 Å². The molecule has 0 amide bonds. The van der Waals surface area contributed by atoms with Gasteiger partial charge in [-0.15, -0.1) is 0 Å². The molecule has 0 unspecified atom stereocenters. The lowest BCUT2D eigenvalue weighted by Gasteiger charge is -2.07. The Morgan fingerprint density at radius 3 is 2.80 bits per heavy atom. The third-order valence-corrected chi connectivity index (χ3v) is 3.69. The lowest BCUT2D eigenvalue weighted by molar-refractivity contribution is 0.185. The van der Waals surface area contributed by atoms with Crippen molar-refractivity contribution >= 4 is 23.3 Å². The summed E-state index contributed by atoms with van der Waals surface area (Å²) in [7, 11) is 1.70. The monoisotopic (exact) mass is 284 g/mol. The Morgan fingerprint density at radius 2 is 2.00 bits per heavy atom. The average molecular weight is 284 g/mol. The van der Waals surface area contributed by atoms with Crippen LogP contribution in [0.15, 0.2) is 42.5 Å². The SMILES string of the molecule is COCc1cccc(-n2c(=S)[nH]c3c(C)cccc32)c1. The summed E-state index contributed by atoms with van der Waals surface area (Å²) in [6, 6.07) is 14.5. The predicted octanol–water partition coefficient (Wildman–Crippen LogP) is 4.14. The summed E-state index contributed by atoms with van der Waals surface area (Å²) >= 11 is 5.48. The van der Waals surface area contributed by atoms with Crippen LogP contribution >= 0.6 is 12.2 Å². The molecule has 1 N–H and O–H groups in total. The third-order valence-electron chi connectivity index (χ3n) is 3.41. The van der Waals surface area contributed by atoms with Crippen molar-refractivity contribution in [2.24, 2.45) is 0 Å². The Kier molecular flexibility index (Phi) is 3.42. The molecule has 3 rings (SSSR count). The summed E-state index contributed by atoms with van der Waals surface area (Å²) in [6.07, 6.45) is 0.